The van der Waals surface area contributed by atoms with Gasteiger partial charge in [0.1, 0.15) is 6.10 Å². The third-order valence-corrected chi connectivity index (χ3v) is 8.86. The number of hydrogen-bond acceptors (Lipinski definition) is 7. The molecule has 1 saturated heterocycles. The minimum Gasteiger partial charge on any atom is -0.493 e. The fourth-order valence-electron chi connectivity index (χ4n) is 6.64. The third-order valence-electron chi connectivity index (χ3n) is 8.86. The van der Waals surface area contributed by atoms with Gasteiger partial charge in [0.15, 0.2) is 11.5 Å². The second-order valence-corrected chi connectivity index (χ2v) is 10.5. The average Bonchev–Trinajstić information content (AvgIpc) is 3.09. The van der Waals surface area contributed by atoms with E-state index in [0.717, 1.165) is 37.8 Å². The first kappa shape index (κ1) is 24.3. The Morgan fingerprint density at radius 1 is 1.12 bits per heavy atom. The summed E-state index contributed by atoms with van der Waals surface area (Å²) in [6.45, 7) is 5.44. The number of esters is 1. The van der Waals surface area contributed by atoms with Gasteiger partial charge in [-0.15, -0.1) is 0 Å². The van der Waals surface area contributed by atoms with Crippen molar-refractivity contribution in [3.8, 4) is 11.5 Å². The topological polar surface area (TPSA) is 86.3 Å². The summed E-state index contributed by atoms with van der Waals surface area (Å²) < 4.78 is 22.4. The Morgan fingerprint density at radius 2 is 1.88 bits per heavy atom. The van der Waals surface area contributed by atoms with Crippen LogP contribution >= 0.6 is 0 Å². The number of nitrogens with one attached hydrogen (secondary N) is 1. The molecule has 1 heterocycles. The molecule has 0 amide bonds. The van der Waals surface area contributed by atoms with Crippen molar-refractivity contribution in [2.45, 2.75) is 69.7 Å². The number of hydrogen-bond donors (Lipinski definition) is 2. The van der Waals surface area contributed by atoms with Crippen molar-refractivity contribution in [1.29, 1.82) is 0 Å². The Kier molecular flexibility index (Phi) is 6.69. The molecule has 2 saturated carbocycles. The molecule has 0 aromatic heterocycles. The average molecular weight is 462 g/mol. The smallest absolute Gasteiger partial charge is 0.310 e. The fraction of sp³-hybridized carbons (Fsp3) is 0.731. The van der Waals surface area contributed by atoms with Crippen LogP contribution in [-0.4, -0.2) is 62.8 Å². The number of carbonyl (C=O) groups excluding carboxylic acids is 1. The molecule has 6 atom stereocenters. The molecule has 3 fully saturated rings. The normalized spacial score (nSPS) is 37.8. The van der Waals surface area contributed by atoms with Crippen LogP contribution in [0, 0.1) is 17.3 Å². The molecule has 4 rings (SSSR count). The Hall–Kier alpha value is -1.83. The van der Waals surface area contributed by atoms with Gasteiger partial charge in [-0.3, -0.25) is 4.79 Å². The summed E-state index contributed by atoms with van der Waals surface area (Å²) in [6.07, 6.45) is 4.68. The number of aliphatic hydroxyl groups is 1. The van der Waals surface area contributed by atoms with Crippen LogP contribution in [0.4, 0.5) is 0 Å². The molecular weight excluding hydrogens is 422 g/mol. The van der Waals surface area contributed by atoms with Gasteiger partial charge in [0, 0.05) is 25.0 Å². The highest BCUT2D eigenvalue weighted by Crippen LogP contribution is 2.61. The number of carbonyl (C=O) groups is 1. The van der Waals surface area contributed by atoms with Crippen molar-refractivity contribution >= 4 is 5.97 Å². The van der Waals surface area contributed by atoms with E-state index in [1.165, 1.54) is 0 Å². The predicted molar refractivity (Wildman–Crippen MR) is 125 cm³/mol. The number of methoxy groups -OCH3 is 3. The summed E-state index contributed by atoms with van der Waals surface area (Å²) in [7, 11) is 4.95. The molecule has 2 N–H and O–H groups in total. The molecule has 0 radical (unpaired) electrons. The molecule has 1 aromatic rings. The number of benzene rings is 1. The van der Waals surface area contributed by atoms with Crippen molar-refractivity contribution < 1.29 is 28.8 Å². The highest BCUT2D eigenvalue weighted by molar-refractivity contribution is 5.75. The van der Waals surface area contributed by atoms with Crippen molar-refractivity contribution in [3.05, 3.63) is 23.8 Å². The van der Waals surface area contributed by atoms with Gasteiger partial charge in [-0.1, -0.05) is 13.0 Å². The molecule has 184 valence electrons. The maximum atomic E-state index is 12.8. The lowest BCUT2D eigenvalue weighted by Crippen LogP contribution is -2.69. The molecule has 2 aliphatic carbocycles. The van der Waals surface area contributed by atoms with Crippen LogP contribution in [0.2, 0.25) is 0 Å². The van der Waals surface area contributed by atoms with Gasteiger partial charge < -0.3 is 29.4 Å². The lowest BCUT2D eigenvalue weighted by Gasteiger charge is -2.62. The number of ether oxygens (including phenoxy) is 4. The van der Waals surface area contributed by atoms with Crippen molar-refractivity contribution in [1.82, 2.24) is 5.32 Å². The van der Waals surface area contributed by atoms with E-state index < -0.39 is 11.2 Å². The molecule has 2 unspecified atom stereocenters. The first-order chi connectivity index (χ1) is 15.7. The van der Waals surface area contributed by atoms with E-state index in [2.05, 4.69) is 12.2 Å². The Balaban J connectivity index is 1.40. The van der Waals surface area contributed by atoms with Gasteiger partial charge in [-0.25, -0.2) is 0 Å². The summed E-state index contributed by atoms with van der Waals surface area (Å²) in [4.78, 5) is 12.8. The molecule has 33 heavy (non-hydrogen) atoms. The molecule has 7 heteroatoms. The monoisotopic (exact) mass is 461 g/mol. The van der Waals surface area contributed by atoms with Gasteiger partial charge in [0.25, 0.3) is 0 Å². The maximum Gasteiger partial charge on any atom is 0.310 e. The SMILES string of the molecule is COc1ccc(CCNCC2C(=O)O[C@@H]3C[C@@]4(C)CCC[C@@](C)(OC)C4(O)C[C@H]23)cc1OC. The van der Waals surface area contributed by atoms with E-state index in [1.807, 2.05) is 25.1 Å². The Labute approximate surface area is 197 Å². The van der Waals surface area contributed by atoms with Crippen LogP contribution in [0.15, 0.2) is 18.2 Å². The zero-order chi connectivity index (χ0) is 23.9. The summed E-state index contributed by atoms with van der Waals surface area (Å²) >= 11 is 0. The molecule has 1 aromatic carbocycles. The number of rotatable bonds is 8. The molecule has 0 bridgehead atoms. The quantitative estimate of drug-likeness (QED) is 0.454. The van der Waals surface area contributed by atoms with Crippen molar-refractivity contribution in [2.75, 3.05) is 34.4 Å². The summed E-state index contributed by atoms with van der Waals surface area (Å²) in [6, 6.07) is 5.91. The second-order valence-electron chi connectivity index (χ2n) is 10.5. The van der Waals surface area contributed by atoms with E-state index in [4.69, 9.17) is 18.9 Å². The highest BCUT2D eigenvalue weighted by atomic mass is 16.6. The van der Waals surface area contributed by atoms with Crippen LogP contribution in [-0.2, 0) is 20.7 Å². The van der Waals surface area contributed by atoms with E-state index >= 15 is 0 Å². The summed E-state index contributed by atoms with van der Waals surface area (Å²) in [5.41, 5.74) is -0.761. The predicted octanol–water partition coefficient (Wildman–Crippen LogP) is 3.11. The molecule has 3 aliphatic rings. The largest absolute Gasteiger partial charge is 0.493 e. The standard InChI is InChI=1S/C26H39NO6/c1-24-10-6-11-25(2,32-5)26(24,29)14-18-19(23(28)33-22(18)15-24)16-27-12-9-17-7-8-20(30-3)21(13-17)31-4/h7-8,13,18-19,22,27,29H,6,9-12,14-16H2,1-5H3/t18-,19?,22-,24-,25-,26?/m1/s1. The maximum absolute atomic E-state index is 12.8. The van der Waals surface area contributed by atoms with Gasteiger partial charge in [-0.05, 0) is 69.7 Å². The first-order valence-corrected chi connectivity index (χ1v) is 12.1. The van der Waals surface area contributed by atoms with E-state index in [9.17, 15) is 9.90 Å². The first-order valence-electron chi connectivity index (χ1n) is 12.1. The second kappa shape index (κ2) is 9.08. The lowest BCUT2D eigenvalue weighted by molar-refractivity contribution is -0.270. The zero-order valence-electron chi connectivity index (χ0n) is 20.6. The van der Waals surface area contributed by atoms with Gasteiger partial charge in [0.2, 0.25) is 0 Å². The molecule has 7 nitrogen and oxygen atoms in total. The minimum atomic E-state index is -0.972. The van der Waals surface area contributed by atoms with E-state index in [1.54, 1.807) is 21.3 Å². The summed E-state index contributed by atoms with van der Waals surface area (Å²) in [5, 5.41) is 15.4. The summed E-state index contributed by atoms with van der Waals surface area (Å²) in [5.74, 6) is 1.02. The van der Waals surface area contributed by atoms with Crippen LogP contribution < -0.4 is 14.8 Å². The molecule has 0 spiro atoms. The third kappa shape index (κ3) is 4.02. The molecule has 1 aliphatic heterocycles. The van der Waals surface area contributed by atoms with Crippen LogP contribution in [0.3, 0.4) is 0 Å². The van der Waals surface area contributed by atoms with Crippen LogP contribution in [0.1, 0.15) is 51.5 Å². The highest BCUT2D eigenvalue weighted by Gasteiger charge is 2.67. The lowest BCUT2D eigenvalue weighted by atomic mass is 9.49. The zero-order valence-corrected chi connectivity index (χ0v) is 20.6. The van der Waals surface area contributed by atoms with Crippen molar-refractivity contribution in [3.63, 3.8) is 0 Å². The van der Waals surface area contributed by atoms with Gasteiger partial charge in [0.05, 0.1) is 31.3 Å². The Bertz CT molecular complexity index is 876. The van der Waals surface area contributed by atoms with Crippen LogP contribution in [0.25, 0.3) is 0 Å². The fourth-order valence-corrected chi connectivity index (χ4v) is 6.64. The van der Waals surface area contributed by atoms with Crippen LogP contribution in [0.5, 0.6) is 11.5 Å². The van der Waals surface area contributed by atoms with Crippen molar-refractivity contribution in [2.24, 2.45) is 17.3 Å². The molecular formula is C26H39NO6. The van der Waals surface area contributed by atoms with Gasteiger partial charge >= 0.3 is 5.97 Å². The van der Waals surface area contributed by atoms with E-state index in [-0.39, 0.29) is 29.3 Å². The number of fused-ring (bicyclic) bond motifs is 2. The Morgan fingerprint density at radius 3 is 2.58 bits per heavy atom. The van der Waals surface area contributed by atoms with Gasteiger partial charge in [-0.2, -0.15) is 0 Å². The minimum absolute atomic E-state index is 0.00303. The van der Waals surface area contributed by atoms with E-state index in [0.29, 0.717) is 30.9 Å².